The van der Waals surface area contributed by atoms with Gasteiger partial charge in [-0.25, -0.2) is 4.39 Å². The molecule has 18 heavy (non-hydrogen) atoms. The quantitative estimate of drug-likeness (QED) is 0.848. The average Bonchev–Trinajstić information content (AvgIpc) is 2.32. The molecular weight excluding hydrogens is 255 g/mol. The van der Waals surface area contributed by atoms with Crippen LogP contribution in [0.25, 0.3) is 0 Å². The van der Waals surface area contributed by atoms with Crippen molar-refractivity contribution in [2.75, 3.05) is 19.6 Å². The summed E-state index contributed by atoms with van der Waals surface area (Å²) < 4.78 is 13.4. The normalized spacial score (nSPS) is 19.3. The first-order valence-electron chi connectivity index (χ1n) is 5.87. The molecule has 1 atom stereocenters. The number of carbonyl (C=O) groups is 1. The van der Waals surface area contributed by atoms with Crippen molar-refractivity contribution in [3.05, 3.63) is 35.1 Å². The first-order chi connectivity index (χ1) is 8.08. The summed E-state index contributed by atoms with van der Waals surface area (Å²) in [5, 5.41) is 3.27. The molecular formula is C13H18ClFN2O. The van der Waals surface area contributed by atoms with Crippen LogP contribution < -0.4 is 5.32 Å². The number of rotatable bonds is 1. The maximum absolute atomic E-state index is 13.4. The Labute approximate surface area is 113 Å². The van der Waals surface area contributed by atoms with E-state index in [0.717, 1.165) is 6.54 Å². The molecule has 1 fully saturated rings. The number of hydrogen-bond acceptors (Lipinski definition) is 2. The Kier molecular flexibility index (Phi) is 5.11. The predicted octanol–water partition coefficient (Wildman–Crippen LogP) is 1.99. The van der Waals surface area contributed by atoms with Crippen LogP contribution in [0.5, 0.6) is 0 Å². The third kappa shape index (κ3) is 3.21. The first-order valence-corrected chi connectivity index (χ1v) is 5.87. The van der Waals surface area contributed by atoms with Crippen molar-refractivity contribution in [3.8, 4) is 0 Å². The average molecular weight is 273 g/mol. The van der Waals surface area contributed by atoms with E-state index in [4.69, 9.17) is 0 Å². The Morgan fingerprint density at radius 2 is 2.22 bits per heavy atom. The molecule has 0 aliphatic carbocycles. The van der Waals surface area contributed by atoms with E-state index < -0.39 is 0 Å². The number of hydrogen-bond donors (Lipinski definition) is 1. The molecule has 0 saturated carbocycles. The van der Waals surface area contributed by atoms with E-state index in [1.165, 1.54) is 6.07 Å². The van der Waals surface area contributed by atoms with E-state index >= 15 is 0 Å². The maximum Gasteiger partial charge on any atom is 0.254 e. The number of aryl methyl sites for hydroxylation is 1. The summed E-state index contributed by atoms with van der Waals surface area (Å²) in [6, 6.07) is 4.95. The summed E-state index contributed by atoms with van der Waals surface area (Å²) in [5.74, 6) is -0.406. The van der Waals surface area contributed by atoms with Gasteiger partial charge in [0.25, 0.3) is 5.91 Å². The molecule has 5 heteroatoms. The van der Waals surface area contributed by atoms with Crippen LogP contribution in [0.1, 0.15) is 22.8 Å². The number of nitrogens with one attached hydrogen (secondary N) is 1. The molecule has 1 amide bonds. The van der Waals surface area contributed by atoms with Gasteiger partial charge in [0, 0.05) is 31.2 Å². The van der Waals surface area contributed by atoms with Crippen LogP contribution in [0.2, 0.25) is 0 Å². The minimum atomic E-state index is -0.320. The summed E-state index contributed by atoms with van der Waals surface area (Å²) in [4.78, 5) is 13.9. The second kappa shape index (κ2) is 6.16. The lowest BCUT2D eigenvalue weighted by molar-refractivity contribution is 0.0708. The first kappa shape index (κ1) is 14.9. The second-order valence-corrected chi connectivity index (χ2v) is 4.57. The van der Waals surface area contributed by atoms with Crippen LogP contribution >= 0.6 is 12.4 Å². The van der Waals surface area contributed by atoms with Crippen molar-refractivity contribution in [1.29, 1.82) is 0 Å². The van der Waals surface area contributed by atoms with Crippen LogP contribution in [0.4, 0.5) is 4.39 Å². The number of piperazine rings is 1. The van der Waals surface area contributed by atoms with Gasteiger partial charge < -0.3 is 10.2 Å². The summed E-state index contributed by atoms with van der Waals surface area (Å²) in [5.41, 5.74) is 0.998. The fourth-order valence-corrected chi connectivity index (χ4v) is 2.03. The van der Waals surface area contributed by atoms with Crippen molar-refractivity contribution in [3.63, 3.8) is 0 Å². The topological polar surface area (TPSA) is 32.3 Å². The SMILES string of the molecule is Cc1ccc(C(=O)N2CCN[C@H](C)C2)cc1F.Cl. The van der Waals surface area contributed by atoms with Gasteiger partial charge in [0.05, 0.1) is 0 Å². The van der Waals surface area contributed by atoms with E-state index in [9.17, 15) is 9.18 Å². The highest BCUT2D eigenvalue weighted by Gasteiger charge is 2.21. The van der Waals surface area contributed by atoms with Crippen molar-refractivity contribution in [2.45, 2.75) is 19.9 Å². The number of carbonyl (C=O) groups excluding carboxylic acids is 1. The zero-order chi connectivity index (χ0) is 12.4. The minimum Gasteiger partial charge on any atom is -0.336 e. The minimum absolute atomic E-state index is 0. The predicted molar refractivity (Wildman–Crippen MR) is 71.8 cm³/mol. The van der Waals surface area contributed by atoms with Gasteiger partial charge in [0.15, 0.2) is 0 Å². The maximum atomic E-state index is 13.4. The smallest absolute Gasteiger partial charge is 0.254 e. The van der Waals surface area contributed by atoms with E-state index in [0.29, 0.717) is 30.3 Å². The molecule has 0 spiro atoms. The molecule has 0 unspecified atom stereocenters. The Morgan fingerprint density at radius 1 is 1.50 bits per heavy atom. The molecule has 1 aromatic rings. The van der Waals surface area contributed by atoms with E-state index in [1.807, 2.05) is 6.92 Å². The zero-order valence-electron chi connectivity index (χ0n) is 10.6. The zero-order valence-corrected chi connectivity index (χ0v) is 11.4. The lowest BCUT2D eigenvalue weighted by Gasteiger charge is -2.32. The second-order valence-electron chi connectivity index (χ2n) is 4.57. The molecule has 1 N–H and O–H groups in total. The molecule has 3 nitrogen and oxygen atoms in total. The number of halogens is 2. The fraction of sp³-hybridized carbons (Fsp3) is 0.462. The van der Waals surface area contributed by atoms with Gasteiger partial charge in [-0.3, -0.25) is 4.79 Å². The van der Waals surface area contributed by atoms with Gasteiger partial charge in [-0.2, -0.15) is 0 Å². The highest BCUT2D eigenvalue weighted by molar-refractivity contribution is 5.94. The molecule has 1 aliphatic rings. The third-order valence-corrected chi connectivity index (χ3v) is 3.07. The largest absolute Gasteiger partial charge is 0.336 e. The van der Waals surface area contributed by atoms with Gasteiger partial charge in [-0.15, -0.1) is 12.4 Å². The highest BCUT2D eigenvalue weighted by Crippen LogP contribution is 2.12. The molecule has 0 bridgehead atoms. The van der Waals surface area contributed by atoms with E-state index in [1.54, 1.807) is 24.0 Å². The Bertz CT molecular complexity index is 439. The van der Waals surface area contributed by atoms with Crippen LogP contribution in [0.3, 0.4) is 0 Å². The molecule has 1 saturated heterocycles. The summed E-state index contributed by atoms with van der Waals surface area (Å²) in [7, 11) is 0. The van der Waals surface area contributed by atoms with Crippen LogP contribution in [0, 0.1) is 12.7 Å². The van der Waals surface area contributed by atoms with Crippen LogP contribution in [-0.2, 0) is 0 Å². The lowest BCUT2D eigenvalue weighted by atomic mass is 10.1. The monoisotopic (exact) mass is 272 g/mol. The van der Waals surface area contributed by atoms with Gasteiger partial charge in [-0.05, 0) is 31.5 Å². The van der Waals surface area contributed by atoms with E-state index in [2.05, 4.69) is 5.32 Å². The summed E-state index contributed by atoms with van der Waals surface area (Å²) in [6.45, 7) is 5.87. The Morgan fingerprint density at radius 3 is 2.83 bits per heavy atom. The molecule has 0 aromatic heterocycles. The Hall–Kier alpha value is -1.13. The van der Waals surface area contributed by atoms with Gasteiger partial charge in [-0.1, -0.05) is 6.07 Å². The number of amides is 1. The summed E-state index contributed by atoms with van der Waals surface area (Å²) in [6.07, 6.45) is 0. The molecule has 1 aliphatic heterocycles. The van der Waals surface area contributed by atoms with Gasteiger partial charge in [0.2, 0.25) is 0 Å². The highest BCUT2D eigenvalue weighted by atomic mass is 35.5. The fourth-order valence-electron chi connectivity index (χ4n) is 2.03. The molecule has 1 aromatic carbocycles. The third-order valence-electron chi connectivity index (χ3n) is 3.07. The molecule has 1 heterocycles. The standard InChI is InChI=1S/C13H17FN2O.ClH/c1-9-3-4-11(7-12(9)14)13(17)16-6-5-15-10(2)8-16;/h3-4,7,10,15H,5-6,8H2,1-2H3;1H/t10-;/m1./s1. The van der Waals surface area contributed by atoms with Gasteiger partial charge in [0.1, 0.15) is 5.82 Å². The van der Waals surface area contributed by atoms with Gasteiger partial charge >= 0.3 is 0 Å². The molecule has 2 rings (SSSR count). The molecule has 0 radical (unpaired) electrons. The summed E-state index contributed by atoms with van der Waals surface area (Å²) >= 11 is 0. The lowest BCUT2D eigenvalue weighted by Crippen LogP contribution is -2.51. The molecule has 100 valence electrons. The van der Waals surface area contributed by atoms with Crippen molar-refractivity contribution in [2.24, 2.45) is 0 Å². The van der Waals surface area contributed by atoms with Crippen molar-refractivity contribution < 1.29 is 9.18 Å². The van der Waals surface area contributed by atoms with Crippen LogP contribution in [0.15, 0.2) is 18.2 Å². The number of benzene rings is 1. The van der Waals surface area contributed by atoms with Crippen LogP contribution in [-0.4, -0.2) is 36.5 Å². The van der Waals surface area contributed by atoms with E-state index in [-0.39, 0.29) is 24.1 Å². The van der Waals surface area contributed by atoms with Crippen molar-refractivity contribution >= 4 is 18.3 Å². The number of nitrogens with zero attached hydrogens (tertiary/aromatic N) is 1. The Balaban J connectivity index is 0.00000162. The van der Waals surface area contributed by atoms with Crippen molar-refractivity contribution in [1.82, 2.24) is 10.2 Å².